The maximum absolute atomic E-state index is 12.6. The van der Waals surface area contributed by atoms with E-state index in [1.165, 1.54) is 17.6 Å². The van der Waals surface area contributed by atoms with E-state index in [1.54, 1.807) is 29.7 Å². The van der Waals surface area contributed by atoms with Crippen molar-refractivity contribution in [3.05, 3.63) is 53.3 Å². The van der Waals surface area contributed by atoms with Crippen LogP contribution in [0.15, 0.2) is 46.4 Å². The van der Waals surface area contributed by atoms with Gasteiger partial charge < -0.3 is 20.2 Å². The first-order valence-electron chi connectivity index (χ1n) is 8.13. The van der Waals surface area contributed by atoms with Gasteiger partial charge in [0.15, 0.2) is 0 Å². The number of carbonyl (C=O) groups excluding carboxylic acids is 2. The summed E-state index contributed by atoms with van der Waals surface area (Å²) < 4.78 is 5.17. The molecule has 1 aliphatic rings. The first kappa shape index (κ1) is 17.9. The fraction of sp³-hybridized carbons (Fsp3) is 0.278. The minimum atomic E-state index is -0.989. The van der Waals surface area contributed by atoms with E-state index in [0.717, 1.165) is 0 Å². The summed E-state index contributed by atoms with van der Waals surface area (Å²) in [6.07, 6.45) is 5.81. The average molecular weight is 374 g/mol. The molecule has 26 heavy (non-hydrogen) atoms. The molecule has 0 spiro atoms. The molecule has 2 heterocycles. The molecule has 2 atom stereocenters. The molecular formula is C18H18N2O5S. The van der Waals surface area contributed by atoms with Crippen molar-refractivity contribution in [1.29, 1.82) is 0 Å². The second kappa shape index (κ2) is 8.01. The number of carboxylic acid groups (broad SMARTS) is 1. The number of amides is 2. The number of rotatable bonds is 6. The number of carbonyl (C=O) groups is 3. The normalized spacial score (nSPS) is 19.1. The summed E-state index contributed by atoms with van der Waals surface area (Å²) in [7, 11) is 0. The Morgan fingerprint density at radius 2 is 1.96 bits per heavy atom. The Balaban J connectivity index is 1.66. The van der Waals surface area contributed by atoms with Gasteiger partial charge in [-0.1, -0.05) is 12.2 Å². The van der Waals surface area contributed by atoms with E-state index in [4.69, 9.17) is 4.42 Å². The van der Waals surface area contributed by atoms with Gasteiger partial charge in [0.2, 0.25) is 5.91 Å². The predicted molar refractivity (Wildman–Crippen MR) is 95.8 cm³/mol. The molecule has 8 heteroatoms. The Hall–Kier alpha value is -2.87. The topological polar surface area (TPSA) is 109 Å². The summed E-state index contributed by atoms with van der Waals surface area (Å²) in [6, 6.07) is 5.10. The number of furan rings is 1. The van der Waals surface area contributed by atoms with Gasteiger partial charge in [0, 0.05) is 0 Å². The lowest BCUT2D eigenvalue weighted by atomic mass is 9.82. The first-order chi connectivity index (χ1) is 12.6. The summed E-state index contributed by atoms with van der Waals surface area (Å²) in [5.41, 5.74) is 0.341. The number of nitrogens with one attached hydrogen (secondary N) is 2. The van der Waals surface area contributed by atoms with Gasteiger partial charge in [-0.3, -0.25) is 14.4 Å². The number of thiophene rings is 1. The molecular weight excluding hydrogens is 356 g/mol. The number of carboxylic acids is 1. The van der Waals surface area contributed by atoms with Crippen LogP contribution in [-0.2, 0) is 16.1 Å². The lowest BCUT2D eigenvalue weighted by molar-refractivity contribution is -0.146. The predicted octanol–water partition coefficient (Wildman–Crippen LogP) is 2.88. The zero-order valence-electron chi connectivity index (χ0n) is 13.8. The fourth-order valence-electron chi connectivity index (χ4n) is 2.84. The van der Waals surface area contributed by atoms with Crippen LogP contribution in [0, 0.1) is 11.8 Å². The zero-order chi connectivity index (χ0) is 18.5. The Morgan fingerprint density at radius 3 is 2.65 bits per heavy atom. The average Bonchev–Trinajstić information content (AvgIpc) is 3.31. The van der Waals surface area contributed by atoms with Crippen LogP contribution < -0.4 is 10.6 Å². The van der Waals surface area contributed by atoms with Crippen molar-refractivity contribution in [2.24, 2.45) is 11.8 Å². The van der Waals surface area contributed by atoms with Crippen molar-refractivity contribution >= 4 is 34.1 Å². The van der Waals surface area contributed by atoms with Gasteiger partial charge in [-0.2, -0.15) is 0 Å². The highest BCUT2D eigenvalue weighted by atomic mass is 32.1. The molecule has 0 aliphatic heterocycles. The van der Waals surface area contributed by atoms with E-state index >= 15 is 0 Å². The van der Waals surface area contributed by atoms with Gasteiger partial charge in [-0.15, -0.1) is 11.3 Å². The number of aliphatic carboxylic acids is 1. The third-order valence-corrected chi connectivity index (χ3v) is 5.07. The van der Waals surface area contributed by atoms with Gasteiger partial charge in [-0.25, -0.2) is 0 Å². The Labute approximate surface area is 153 Å². The quantitative estimate of drug-likeness (QED) is 0.674. The van der Waals surface area contributed by atoms with E-state index in [9.17, 15) is 19.5 Å². The highest BCUT2D eigenvalue weighted by molar-refractivity contribution is 7.14. The van der Waals surface area contributed by atoms with E-state index in [1.807, 2.05) is 6.08 Å². The molecule has 0 fully saturated rings. The van der Waals surface area contributed by atoms with Gasteiger partial charge in [0.05, 0.1) is 30.2 Å². The number of anilines is 1. The Bertz CT molecular complexity index is 825. The van der Waals surface area contributed by atoms with Crippen LogP contribution in [0.4, 0.5) is 5.00 Å². The maximum Gasteiger partial charge on any atom is 0.307 e. The largest absolute Gasteiger partial charge is 0.481 e. The monoisotopic (exact) mass is 374 g/mol. The van der Waals surface area contributed by atoms with Gasteiger partial charge in [0.1, 0.15) is 10.8 Å². The number of allylic oxidation sites excluding steroid dienone is 2. The van der Waals surface area contributed by atoms with Crippen LogP contribution in [0.1, 0.15) is 29.0 Å². The molecule has 2 amide bonds. The van der Waals surface area contributed by atoms with Crippen LogP contribution in [-0.4, -0.2) is 22.9 Å². The molecule has 0 radical (unpaired) electrons. The van der Waals surface area contributed by atoms with E-state index < -0.39 is 17.8 Å². The lowest BCUT2D eigenvalue weighted by Gasteiger charge is -2.24. The molecule has 0 saturated carbocycles. The maximum atomic E-state index is 12.6. The summed E-state index contributed by atoms with van der Waals surface area (Å²) in [4.78, 5) is 36.3. The van der Waals surface area contributed by atoms with Gasteiger partial charge in [-0.05, 0) is 36.4 Å². The minimum Gasteiger partial charge on any atom is -0.481 e. The highest BCUT2D eigenvalue weighted by Gasteiger charge is 2.34. The molecule has 3 N–H and O–H groups in total. The summed E-state index contributed by atoms with van der Waals surface area (Å²) in [6.45, 7) is 0.240. The molecule has 2 aromatic rings. The second-order valence-corrected chi connectivity index (χ2v) is 6.82. The molecule has 0 aromatic carbocycles. The molecule has 7 nitrogen and oxygen atoms in total. The Kier molecular flexibility index (Phi) is 5.52. The second-order valence-electron chi connectivity index (χ2n) is 5.91. The van der Waals surface area contributed by atoms with Crippen LogP contribution in [0.5, 0.6) is 0 Å². The third kappa shape index (κ3) is 4.02. The first-order valence-corrected chi connectivity index (χ1v) is 9.01. The molecule has 1 aliphatic carbocycles. The van der Waals surface area contributed by atoms with E-state index in [0.29, 0.717) is 29.2 Å². The van der Waals surface area contributed by atoms with Crippen LogP contribution in [0.2, 0.25) is 0 Å². The van der Waals surface area contributed by atoms with Crippen molar-refractivity contribution in [2.75, 3.05) is 5.32 Å². The minimum absolute atomic E-state index is 0.240. The summed E-state index contributed by atoms with van der Waals surface area (Å²) >= 11 is 1.22. The molecule has 136 valence electrons. The molecule has 0 saturated heterocycles. The van der Waals surface area contributed by atoms with Gasteiger partial charge >= 0.3 is 5.97 Å². The van der Waals surface area contributed by atoms with Crippen LogP contribution in [0.3, 0.4) is 0 Å². The van der Waals surface area contributed by atoms with E-state index in [2.05, 4.69) is 10.6 Å². The van der Waals surface area contributed by atoms with Crippen LogP contribution in [0.25, 0.3) is 0 Å². The van der Waals surface area contributed by atoms with Crippen molar-refractivity contribution < 1.29 is 23.9 Å². The fourth-order valence-corrected chi connectivity index (χ4v) is 3.63. The zero-order valence-corrected chi connectivity index (χ0v) is 14.6. The van der Waals surface area contributed by atoms with Crippen molar-refractivity contribution in [3.8, 4) is 0 Å². The lowest BCUT2D eigenvalue weighted by Crippen LogP contribution is -2.35. The third-order valence-electron chi connectivity index (χ3n) is 4.24. The Morgan fingerprint density at radius 1 is 1.19 bits per heavy atom. The van der Waals surface area contributed by atoms with Crippen molar-refractivity contribution in [1.82, 2.24) is 5.32 Å². The highest BCUT2D eigenvalue weighted by Crippen LogP contribution is 2.29. The summed E-state index contributed by atoms with van der Waals surface area (Å²) in [5, 5.41) is 16.9. The van der Waals surface area contributed by atoms with Crippen molar-refractivity contribution in [3.63, 3.8) is 0 Å². The standard InChI is InChI=1S/C18H18N2O5S/c21-15(19-10-11-4-3-8-25-11)14-7-9-26-17(14)20-16(22)12-5-1-2-6-13(12)18(23)24/h1-4,7-9,12-13H,5-6,10H2,(H,19,21)(H,20,22)(H,23,24)/t12-,13+/m1/s1. The smallest absolute Gasteiger partial charge is 0.307 e. The molecule has 0 bridgehead atoms. The van der Waals surface area contributed by atoms with E-state index in [-0.39, 0.29) is 18.4 Å². The number of hydrogen-bond acceptors (Lipinski definition) is 5. The molecule has 2 aromatic heterocycles. The molecule has 0 unspecified atom stereocenters. The van der Waals surface area contributed by atoms with Crippen LogP contribution >= 0.6 is 11.3 Å². The van der Waals surface area contributed by atoms with Crippen molar-refractivity contribution in [2.45, 2.75) is 19.4 Å². The molecule has 3 rings (SSSR count). The van der Waals surface area contributed by atoms with Gasteiger partial charge in [0.25, 0.3) is 5.91 Å². The SMILES string of the molecule is O=C(NCc1ccco1)c1ccsc1NC(=O)[C@@H]1CC=CC[C@@H]1C(=O)O. The number of hydrogen-bond donors (Lipinski definition) is 3. The summed E-state index contributed by atoms with van der Waals surface area (Å²) in [5.74, 6) is -2.50.